The predicted molar refractivity (Wildman–Crippen MR) is 145 cm³/mol. The number of aromatic nitrogens is 3. The smallest absolute Gasteiger partial charge is 0.345 e. The van der Waals surface area contributed by atoms with Crippen molar-refractivity contribution in [3.8, 4) is 0 Å². The number of rotatable bonds is 6. The van der Waals surface area contributed by atoms with Crippen LogP contribution in [-0.2, 0) is 11.3 Å². The Hall–Kier alpha value is -4.24. The summed E-state index contributed by atoms with van der Waals surface area (Å²) >= 11 is 5.86. The number of amides is 1. The highest BCUT2D eigenvalue weighted by molar-refractivity contribution is 6.29. The first-order chi connectivity index (χ1) is 18.5. The Morgan fingerprint density at radius 2 is 1.74 bits per heavy atom. The molecule has 1 aliphatic rings. The van der Waals surface area contributed by atoms with Crippen molar-refractivity contribution in [2.75, 3.05) is 37.7 Å². The van der Waals surface area contributed by atoms with E-state index in [1.807, 2.05) is 41.3 Å². The van der Waals surface area contributed by atoms with E-state index in [0.29, 0.717) is 53.6 Å². The Morgan fingerprint density at radius 3 is 2.42 bits per heavy atom. The number of ether oxygens (including phenoxy) is 1. The summed E-state index contributed by atoms with van der Waals surface area (Å²) < 4.78 is 6.86. The molecule has 3 aromatic heterocycles. The zero-order valence-electron chi connectivity index (χ0n) is 20.8. The van der Waals surface area contributed by atoms with Crippen LogP contribution >= 0.6 is 11.6 Å². The van der Waals surface area contributed by atoms with Crippen LogP contribution in [0.4, 0.5) is 5.69 Å². The number of pyridine rings is 3. The second-order valence-corrected chi connectivity index (χ2v) is 9.23. The van der Waals surface area contributed by atoms with Gasteiger partial charge in [0, 0.05) is 44.0 Å². The Kier molecular flexibility index (Phi) is 7.37. The van der Waals surface area contributed by atoms with Crippen molar-refractivity contribution in [3.63, 3.8) is 0 Å². The molecule has 4 aromatic rings. The van der Waals surface area contributed by atoms with Crippen LogP contribution < -0.4 is 10.5 Å². The lowest BCUT2D eigenvalue weighted by molar-refractivity contribution is 0.0523. The quantitative estimate of drug-likeness (QED) is 0.277. The maximum absolute atomic E-state index is 13.9. The molecule has 1 amide bonds. The summed E-state index contributed by atoms with van der Waals surface area (Å²) in [5.74, 6) is -0.824. The fourth-order valence-electron chi connectivity index (χ4n) is 4.71. The second kappa shape index (κ2) is 11.0. The van der Waals surface area contributed by atoms with Crippen molar-refractivity contribution in [3.05, 3.63) is 99.2 Å². The molecule has 1 fully saturated rings. The van der Waals surface area contributed by atoms with Gasteiger partial charge in [0.2, 0.25) is 0 Å². The van der Waals surface area contributed by atoms with E-state index in [-0.39, 0.29) is 24.6 Å². The zero-order valence-corrected chi connectivity index (χ0v) is 21.6. The van der Waals surface area contributed by atoms with Gasteiger partial charge in [0.25, 0.3) is 11.5 Å². The first-order valence-corrected chi connectivity index (χ1v) is 12.7. The van der Waals surface area contributed by atoms with Crippen LogP contribution in [0.25, 0.3) is 11.0 Å². The number of esters is 1. The van der Waals surface area contributed by atoms with Crippen molar-refractivity contribution in [1.82, 2.24) is 19.4 Å². The van der Waals surface area contributed by atoms with E-state index in [1.54, 1.807) is 36.2 Å². The molecule has 0 atom stereocenters. The molecule has 1 aromatic carbocycles. The van der Waals surface area contributed by atoms with Gasteiger partial charge in [-0.25, -0.2) is 14.8 Å². The van der Waals surface area contributed by atoms with Crippen molar-refractivity contribution >= 4 is 40.2 Å². The molecule has 9 nitrogen and oxygen atoms in total. The number of hydrogen-bond acceptors (Lipinski definition) is 7. The number of halogens is 1. The third kappa shape index (κ3) is 4.97. The van der Waals surface area contributed by atoms with Crippen LogP contribution in [0.5, 0.6) is 0 Å². The van der Waals surface area contributed by atoms with Gasteiger partial charge in [-0.2, -0.15) is 0 Å². The molecule has 0 saturated carbocycles. The third-order valence-corrected chi connectivity index (χ3v) is 6.74. The Morgan fingerprint density at radius 1 is 0.974 bits per heavy atom. The van der Waals surface area contributed by atoms with Gasteiger partial charge in [-0.1, -0.05) is 41.9 Å². The van der Waals surface area contributed by atoms with Crippen LogP contribution in [0.2, 0.25) is 5.15 Å². The fraction of sp³-hybridized carbons (Fsp3) is 0.250. The number of anilines is 1. The van der Waals surface area contributed by atoms with E-state index < -0.39 is 11.5 Å². The lowest BCUT2D eigenvalue weighted by atomic mass is 10.1. The first-order valence-electron chi connectivity index (χ1n) is 12.4. The summed E-state index contributed by atoms with van der Waals surface area (Å²) in [6.07, 6.45) is 3.09. The average Bonchev–Trinajstić information content (AvgIpc) is 2.95. The van der Waals surface area contributed by atoms with E-state index in [4.69, 9.17) is 16.3 Å². The zero-order chi connectivity index (χ0) is 26.6. The molecular formula is C28H26ClN5O4. The van der Waals surface area contributed by atoms with E-state index in [2.05, 4.69) is 9.97 Å². The number of benzene rings is 1. The Labute approximate surface area is 224 Å². The van der Waals surface area contributed by atoms with Gasteiger partial charge in [0.1, 0.15) is 16.4 Å². The molecule has 10 heteroatoms. The topological polar surface area (TPSA) is 97.6 Å². The van der Waals surface area contributed by atoms with Crippen LogP contribution in [0.3, 0.4) is 0 Å². The Bertz CT molecular complexity index is 1530. The number of hydrogen-bond donors (Lipinski definition) is 0. The van der Waals surface area contributed by atoms with E-state index in [9.17, 15) is 14.4 Å². The third-order valence-electron chi connectivity index (χ3n) is 6.51. The van der Waals surface area contributed by atoms with Crippen molar-refractivity contribution in [1.29, 1.82) is 0 Å². The number of nitrogens with zero attached hydrogens (tertiary/aromatic N) is 5. The van der Waals surface area contributed by atoms with Crippen molar-refractivity contribution in [2.45, 2.75) is 13.5 Å². The van der Waals surface area contributed by atoms with Crippen LogP contribution in [0, 0.1) is 0 Å². The highest BCUT2D eigenvalue weighted by Gasteiger charge is 2.30. The highest BCUT2D eigenvalue weighted by Crippen LogP contribution is 2.30. The van der Waals surface area contributed by atoms with Crippen molar-refractivity contribution < 1.29 is 14.3 Å². The lowest BCUT2D eigenvalue weighted by Gasteiger charge is -2.37. The Balaban J connectivity index is 1.54. The number of carbonyl (C=O) groups is 2. The van der Waals surface area contributed by atoms with Crippen LogP contribution in [0.15, 0.2) is 71.8 Å². The molecular weight excluding hydrogens is 506 g/mol. The molecule has 1 saturated heterocycles. The standard InChI is InChI=1S/C28H26ClN5O4/c1-2-38-28(37)23-24(32-13-15-33(16-14-32)26(35)20-10-11-22(29)31-17-20)21-9-6-12-30-25(21)34(27(23)36)18-19-7-4-3-5-8-19/h3-12,17H,2,13-16,18H2,1H3. The van der Waals surface area contributed by atoms with Crippen LogP contribution in [0.1, 0.15) is 33.2 Å². The minimum Gasteiger partial charge on any atom is -0.462 e. The number of piperazine rings is 1. The molecule has 0 unspecified atom stereocenters. The van der Waals surface area contributed by atoms with Crippen LogP contribution in [-0.4, -0.2) is 64.1 Å². The van der Waals surface area contributed by atoms with E-state index in [0.717, 1.165) is 5.56 Å². The fourth-order valence-corrected chi connectivity index (χ4v) is 4.82. The predicted octanol–water partition coefficient (Wildman–Crippen LogP) is 3.63. The molecule has 4 heterocycles. The second-order valence-electron chi connectivity index (χ2n) is 8.84. The maximum Gasteiger partial charge on any atom is 0.345 e. The van der Waals surface area contributed by atoms with Gasteiger partial charge in [-0.3, -0.25) is 14.2 Å². The van der Waals surface area contributed by atoms with Gasteiger partial charge in [0.15, 0.2) is 0 Å². The largest absolute Gasteiger partial charge is 0.462 e. The number of carbonyl (C=O) groups excluding carboxylic acids is 2. The molecule has 194 valence electrons. The van der Waals surface area contributed by atoms with Gasteiger partial charge < -0.3 is 14.5 Å². The molecule has 0 N–H and O–H groups in total. The summed E-state index contributed by atoms with van der Waals surface area (Å²) in [4.78, 5) is 52.3. The van der Waals surface area contributed by atoms with Crippen molar-refractivity contribution in [2.24, 2.45) is 0 Å². The average molecular weight is 532 g/mol. The summed E-state index contributed by atoms with van der Waals surface area (Å²) in [5, 5.41) is 0.994. The molecule has 0 spiro atoms. The molecule has 38 heavy (non-hydrogen) atoms. The van der Waals surface area contributed by atoms with E-state index >= 15 is 0 Å². The SMILES string of the molecule is CCOC(=O)c1c(N2CCN(C(=O)c3ccc(Cl)nc3)CC2)c2cccnc2n(Cc2ccccc2)c1=O. The molecule has 1 aliphatic heterocycles. The van der Waals surface area contributed by atoms with Gasteiger partial charge >= 0.3 is 5.97 Å². The minimum atomic E-state index is -0.675. The summed E-state index contributed by atoms with van der Waals surface area (Å²) in [5.41, 5.74) is 1.85. The first kappa shape index (κ1) is 25.4. The summed E-state index contributed by atoms with van der Waals surface area (Å²) in [7, 11) is 0. The van der Waals surface area contributed by atoms with Gasteiger partial charge in [-0.15, -0.1) is 0 Å². The molecule has 5 rings (SSSR count). The van der Waals surface area contributed by atoms with Gasteiger partial charge in [0.05, 0.1) is 24.4 Å². The normalized spacial score (nSPS) is 13.5. The highest BCUT2D eigenvalue weighted by atomic mass is 35.5. The number of fused-ring (bicyclic) bond motifs is 1. The molecule has 0 radical (unpaired) electrons. The molecule has 0 aliphatic carbocycles. The minimum absolute atomic E-state index is 0.0232. The van der Waals surface area contributed by atoms with Gasteiger partial charge in [-0.05, 0) is 36.8 Å². The maximum atomic E-state index is 13.9. The summed E-state index contributed by atoms with van der Waals surface area (Å²) in [6, 6.07) is 16.4. The van der Waals surface area contributed by atoms with E-state index in [1.165, 1.54) is 10.8 Å². The lowest BCUT2D eigenvalue weighted by Crippen LogP contribution is -2.49. The summed E-state index contributed by atoms with van der Waals surface area (Å²) in [6.45, 7) is 3.75. The monoisotopic (exact) mass is 531 g/mol. The molecule has 0 bridgehead atoms.